The molecular formula is C11H16F2N2. The monoisotopic (exact) mass is 214 g/mol. The smallest absolute Gasteiger partial charge is 0.263 e. The van der Waals surface area contributed by atoms with Crippen LogP contribution >= 0.6 is 0 Å². The van der Waals surface area contributed by atoms with E-state index in [1.54, 1.807) is 6.20 Å². The predicted molar refractivity (Wildman–Crippen MR) is 54.1 cm³/mol. The first-order chi connectivity index (χ1) is 6.82. The first-order valence-electron chi connectivity index (χ1n) is 5.27. The van der Waals surface area contributed by atoms with Crippen molar-refractivity contribution >= 4 is 0 Å². The van der Waals surface area contributed by atoms with E-state index in [0.29, 0.717) is 18.5 Å². The number of aryl methyl sites for hydroxylation is 1. The summed E-state index contributed by atoms with van der Waals surface area (Å²) in [6.45, 7) is 6.43. The van der Waals surface area contributed by atoms with E-state index in [1.807, 2.05) is 20.8 Å². The average Bonchev–Trinajstić information content (AvgIpc) is 2.46. The maximum Gasteiger partial charge on any atom is 0.289 e. The molecule has 0 fully saturated rings. The highest BCUT2D eigenvalue weighted by Gasteiger charge is 2.42. The van der Waals surface area contributed by atoms with Crippen LogP contribution in [0.5, 0.6) is 0 Å². The maximum atomic E-state index is 13.8. The van der Waals surface area contributed by atoms with Crippen molar-refractivity contribution in [3.8, 4) is 0 Å². The normalized spacial score (nSPS) is 20.1. The van der Waals surface area contributed by atoms with Crippen LogP contribution in [0.25, 0.3) is 0 Å². The number of nitrogens with zero attached hydrogens (tertiary/aromatic N) is 2. The Labute approximate surface area is 88.3 Å². The van der Waals surface area contributed by atoms with Crippen LogP contribution in [0.3, 0.4) is 0 Å². The Morgan fingerprint density at radius 2 is 2.07 bits per heavy atom. The van der Waals surface area contributed by atoms with Gasteiger partial charge in [-0.05, 0) is 11.8 Å². The summed E-state index contributed by atoms with van der Waals surface area (Å²) in [6, 6.07) is 0. The van der Waals surface area contributed by atoms with Crippen molar-refractivity contribution in [3.63, 3.8) is 0 Å². The molecule has 0 spiro atoms. The third-order valence-electron chi connectivity index (χ3n) is 2.85. The van der Waals surface area contributed by atoms with Crippen LogP contribution in [0.4, 0.5) is 8.78 Å². The summed E-state index contributed by atoms with van der Waals surface area (Å²) in [5, 5.41) is 4.06. The van der Waals surface area contributed by atoms with Crippen LogP contribution in [-0.2, 0) is 17.9 Å². The van der Waals surface area contributed by atoms with E-state index in [-0.39, 0.29) is 17.5 Å². The Hall–Kier alpha value is -0.930. The number of fused-ring (bicyclic) bond motifs is 1. The van der Waals surface area contributed by atoms with E-state index in [1.165, 1.54) is 4.68 Å². The molecule has 2 nitrogen and oxygen atoms in total. The Balaban J connectivity index is 2.57. The van der Waals surface area contributed by atoms with Gasteiger partial charge in [0, 0.05) is 18.5 Å². The third-order valence-corrected chi connectivity index (χ3v) is 2.85. The van der Waals surface area contributed by atoms with Crippen molar-refractivity contribution in [1.82, 2.24) is 9.78 Å². The molecule has 0 aliphatic carbocycles. The molecule has 2 heterocycles. The molecule has 84 valence electrons. The van der Waals surface area contributed by atoms with Gasteiger partial charge in [-0.1, -0.05) is 20.8 Å². The Morgan fingerprint density at radius 1 is 1.40 bits per heavy atom. The lowest BCUT2D eigenvalue weighted by Crippen LogP contribution is -2.29. The molecule has 1 aromatic rings. The number of aromatic nitrogens is 2. The van der Waals surface area contributed by atoms with E-state index in [2.05, 4.69) is 5.10 Å². The SMILES string of the molecule is CC(C)(C)c1cnn2c1C(F)(F)CCC2. The van der Waals surface area contributed by atoms with Crippen molar-refractivity contribution in [2.24, 2.45) is 0 Å². The van der Waals surface area contributed by atoms with E-state index in [0.717, 1.165) is 0 Å². The van der Waals surface area contributed by atoms with Gasteiger partial charge in [-0.25, -0.2) is 0 Å². The van der Waals surface area contributed by atoms with Gasteiger partial charge in [0.25, 0.3) is 5.92 Å². The summed E-state index contributed by atoms with van der Waals surface area (Å²) >= 11 is 0. The topological polar surface area (TPSA) is 17.8 Å². The minimum atomic E-state index is -2.71. The van der Waals surface area contributed by atoms with Gasteiger partial charge in [0.1, 0.15) is 5.69 Å². The summed E-state index contributed by atoms with van der Waals surface area (Å²) < 4.78 is 29.0. The lowest BCUT2D eigenvalue weighted by atomic mass is 9.84. The molecule has 0 unspecified atom stereocenters. The lowest BCUT2D eigenvalue weighted by molar-refractivity contribution is -0.0380. The largest absolute Gasteiger partial charge is 0.289 e. The third kappa shape index (κ3) is 1.66. The minimum absolute atomic E-state index is 0.0538. The molecule has 1 aliphatic rings. The molecule has 0 amide bonds. The molecular weight excluding hydrogens is 198 g/mol. The number of alkyl halides is 2. The molecule has 15 heavy (non-hydrogen) atoms. The second-order valence-electron chi connectivity index (χ2n) is 5.19. The van der Waals surface area contributed by atoms with Crippen LogP contribution in [0.15, 0.2) is 6.20 Å². The summed E-state index contributed by atoms with van der Waals surface area (Å²) in [5.41, 5.74) is 0.530. The summed E-state index contributed by atoms with van der Waals surface area (Å²) in [5.74, 6) is -2.71. The zero-order valence-electron chi connectivity index (χ0n) is 9.35. The first kappa shape index (κ1) is 10.6. The molecule has 0 aromatic carbocycles. The fraction of sp³-hybridized carbons (Fsp3) is 0.727. The predicted octanol–water partition coefficient (Wildman–Crippen LogP) is 3.07. The van der Waals surface area contributed by atoms with E-state index >= 15 is 0 Å². The van der Waals surface area contributed by atoms with Gasteiger partial charge in [0.15, 0.2) is 0 Å². The molecule has 4 heteroatoms. The molecule has 2 rings (SSSR count). The number of hydrogen-bond acceptors (Lipinski definition) is 1. The molecule has 1 aromatic heterocycles. The van der Waals surface area contributed by atoms with Crippen LogP contribution in [0.2, 0.25) is 0 Å². The van der Waals surface area contributed by atoms with Crippen molar-refractivity contribution in [2.75, 3.05) is 0 Å². The van der Waals surface area contributed by atoms with Gasteiger partial charge >= 0.3 is 0 Å². The van der Waals surface area contributed by atoms with Gasteiger partial charge in [-0.15, -0.1) is 0 Å². The number of rotatable bonds is 0. The molecule has 0 N–H and O–H groups in total. The lowest BCUT2D eigenvalue weighted by Gasteiger charge is -2.28. The van der Waals surface area contributed by atoms with Crippen molar-refractivity contribution < 1.29 is 8.78 Å². The second-order valence-corrected chi connectivity index (χ2v) is 5.19. The van der Waals surface area contributed by atoms with Gasteiger partial charge in [0.2, 0.25) is 0 Å². The summed E-state index contributed by atoms with van der Waals surface area (Å²) in [6.07, 6.45) is 2.04. The van der Waals surface area contributed by atoms with Crippen LogP contribution in [0.1, 0.15) is 44.9 Å². The fourth-order valence-electron chi connectivity index (χ4n) is 2.06. The minimum Gasteiger partial charge on any atom is -0.263 e. The molecule has 0 saturated heterocycles. The molecule has 0 atom stereocenters. The quantitative estimate of drug-likeness (QED) is 0.649. The van der Waals surface area contributed by atoms with Crippen molar-refractivity contribution in [1.29, 1.82) is 0 Å². The number of hydrogen-bond donors (Lipinski definition) is 0. The highest BCUT2D eigenvalue weighted by atomic mass is 19.3. The molecule has 0 bridgehead atoms. The Bertz CT molecular complexity index is 374. The second kappa shape index (κ2) is 3.03. The van der Waals surface area contributed by atoms with E-state index in [4.69, 9.17) is 0 Å². The highest BCUT2D eigenvalue weighted by molar-refractivity contribution is 5.30. The van der Waals surface area contributed by atoms with Gasteiger partial charge in [-0.2, -0.15) is 13.9 Å². The summed E-state index contributed by atoms with van der Waals surface area (Å²) in [7, 11) is 0. The van der Waals surface area contributed by atoms with Gasteiger partial charge < -0.3 is 0 Å². The maximum absolute atomic E-state index is 13.8. The molecule has 1 aliphatic heterocycles. The highest BCUT2D eigenvalue weighted by Crippen LogP contribution is 2.41. The molecule has 0 radical (unpaired) electrons. The zero-order valence-corrected chi connectivity index (χ0v) is 9.35. The van der Waals surface area contributed by atoms with Crippen LogP contribution in [0, 0.1) is 0 Å². The number of halogens is 2. The van der Waals surface area contributed by atoms with E-state index in [9.17, 15) is 8.78 Å². The first-order valence-corrected chi connectivity index (χ1v) is 5.27. The molecule has 0 saturated carbocycles. The van der Waals surface area contributed by atoms with Crippen LogP contribution < -0.4 is 0 Å². The van der Waals surface area contributed by atoms with E-state index < -0.39 is 5.92 Å². The fourth-order valence-corrected chi connectivity index (χ4v) is 2.06. The zero-order chi connectivity index (χ0) is 11.3. The Kier molecular flexibility index (Phi) is 2.14. The van der Waals surface area contributed by atoms with Crippen molar-refractivity contribution in [2.45, 2.75) is 51.5 Å². The van der Waals surface area contributed by atoms with Gasteiger partial charge in [-0.3, -0.25) is 4.68 Å². The van der Waals surface area contributed by atoms with Gasteiger partial charge in [0.05, 0.1) is 6.20 Å². The Morgan fingerprint density at radius 3 is 2.67 bits per heavy atom. The van der Waals surface area contributed by atoms with Crippen molar-refractivity contribution in [3.05, 3.63) is 17.5 Å². The summed E-state index contributed by atoms with van der Waals surface area (Å²) in [4.78, 5) is 0. The average molecular weight is 214 g/mol. The standard InChI is InChI=1S/C11H16F2N2/c1-10(2,3)8-7-14-15-6-4-5-11(12,13)9(8)15/h7H,4-6H2,1-3H3. The van der Waals surface area contributed by atoms with Crippen LogP contribution in [-0.4, -0.2) is 9.78 Å².